The summed E-state index contributed by atoms with van der Waals surface area (Å²) in [5, 5.41) is 0. The maximum atomic E-state index is 4.98. The molecule has 0 bridgehead atoms. The van der Waals surface area contributed by atoms with Crippen LogP contribution in [-0.2, 0) is 0 Å². The maximum Gasteiger partial charge on any atom is 0.212 e. The SMILES string of the molecule is COc1ccc(-c2nc(Br)cc(Br)n2)cn1. The lowest BCUT2D eigenvalue weighted by Crippen LogP contribution is -1.92. The normalized spacial score (nSPS) is 10.2. The molecule has 0 fully saturated rings. The Bertz CT molecular complexity index is 482. The Morgan fingerprint density at radius 3 is 2.31 bits per heavy atom. The van der Waals surface area contributed by atoms with Gasteiger partial charge < -0.3 is 4.74 Å². The summed E-state index contributed by atoms with van der Waals surface area (Å²) < 4.78 is 6.43. The van der Waals surface area contributed by atoms with Gasteiger partial charge in [-0.05, 0) is 37.9 Å². The largest absolute Gasteiger partial charge is 0.481 e. The summed E-state index contributed by atoms with van der Waals surface area (Å²) >= 11 is 6.62. The van der Waals surface area contributed by atoms with Crippen LogP contribution < -0.4 is 4.74 Å². The Labute approximate surface area is 109 Å². The third-order valence-electron chi connectivity index (χ3n) is 1.87. The molecule has 0 unspecified atom stereocenters. The van der Waals surface area contributed by atoms with Crippen LogP contribution in [0.2, 0.25) is 0 Å². The molecule has 0 radical (unpaired) electrons. The lowest BCUT2D eigenvalue weighted by atomic mass is 10.2. The number of hydrogen-bond donors (Lipinski definition) is 0. The van der Waals surface area contributed by atoms with Gasteiger partial charge in [0.1, 0.15) is 9.21 Å². The molecule has 0 aliphatic heterocycles. The fourth-order valence-corrected chi connectivity index (χ4v) is 2.23. The quantitative estimate of drug-likeness (QED) is 0.785. The average Bonchev–Trinajstić information content (AvgIpc) is 2.28. The minimum Gasteiger partial charge on any atom is -0.481 e. The standard InChI is InChI=1S/C10H7Br2N3O/c1-16-9-3-2-6(5-13-9)10-14-7(11)4-8(12)15-10/h2-5H,1H3. The van der Waals surface area contributed by atoms with Crippen molar-refractivity contribution < 1.29 is 4.74 Å². The molecule has 0 amide bonds. The molecule has 16 heavy (non-hydrogen) atoms. The molecule has 0 saturated carbocycles. The van der Waals surface area contributed by atoms with Crippen molar-refractivity contribution in [3.8, 4) is 17.3 Å². The predicted molar refractivity (Wildman–Crippen MR) is 67.2 cm³/mol. The summed E-state index contributed by atoms with van der Waals surface area (Å²) in [6.07, 6.45) is 1.67. The zero-order valence-electron chi connectivity index (χ0n) is 8.32. The molecule has 6 heteroatoms. The van der Waals surface area contributed by atoms with E-state index in [1.54, 1.807) is 25.4 Å². The number of nitrogens with zero attached hydrogens (tertiary/aromatic N) is 3. The number of halogens is 2. The molecule has 0 aromatic carbocycles. The predicted octanol–water partition coefficient (Wildman–Crippen LogP) is 3.07. The summed E-state index contributed by atoms with van der Waals surface area (Å²) in [5.74, 6) is 1.18. The molecule has 0 aliphatic carbocycles. The summed E-state index contributed by atoms with van der Waals surface area (Å²) in [6.45, 7) is 0. The van der Waals surface area contributed by atoms with Crippen molar-refractivity contribution in [1.82, 2.24) is 15.0 Å². The highest BCUT2D eigenvalue weighted by Crippen LogP contribution is 2.21. The molecule has 0 atom stereocenters. The van der Waals surface area contributed by atoms with Crippen molar-refractivity contribution in [1.29, 1.82) is 0 Å². The van der Waals surface area contributed by atoms with Crippen LogP contribution in [0.3, 0.4) is 0 Å². The van der Waals surface area contributed by atoms with Gasteiger partial charge in [0.25, 0.3) is 0 Å². The number of aromatic nitrogens is 3. The van der Waals surface area contributed by atoms with Gasteiger partial charge in [0.15, 0.2) is 5.82 Å². The second-order valence-electron chi connectivity index (χ2n) is 2.93. The number of methoxy groups -OCH3 is 1. The van der Waals surface area contributed by atoms with Crippen LogP contribution in [0.1, 0.15) is 0 Å². The highest BCUT2D eigenvalue weighted by atomic mass is 79.9. The smallest absolute Gasteiger partial charge is 0.212 e. The van der Waals surface area contributed by atoms with Crippen LogP contribution in [0.4, 0.5) is 0 Å². The van der Waals surface area contributed by atoms with Crippen LogP contribution in [-0.4, -0.2) is 22.1 Å². The van der Waals surface area contributed by atoms with E-state index >= 15 is 0 Å². The van der Waals surface area contributed by atoms with Gasteiger partial charge >= 0.3 is 0 Å². The number of hydrogen-bond acceptors (Lipinski definition) is 4. The van der Waals surface area contributed by atoms with Crippen molar-refractivity contribution in [3.63, 3.8) is 0 Å². The van der Waals surface area contributed by atoms with Gasteiger partial charge in [-0.25, -0.2) is 15.0 Å². The van der Waals surface area contributed by atoms with Crippen LogP contribution in [0.5, 0.6) is 5.88 Å². The van der Waals surface area contributed by atoms with Crippen molar-refractivity contribution in [3.05, 3.63) is 33.6 Å². The molecule has 2 aromatic heterocycles. The van der Waals surface area contributed by atoms with Gasteiger partial charge in [-0.15, -0.1) is 0 Å². The Morgan fingerprint density at radius 2 is 1.81 bits per heavy atom. The topological polar surface area (TPSA) is 47.9 Å². The molecule has 0 N–H and O–H groups in total. The first-order valence-corrected chi connectivity index (χ1v) is 5.98. The molecule has 0 aliphatic rings. The van der Waals surface area contributed by atoms with E-state index in [2.05, 4.69) is 46.8 Å². The number of ether oxygens (including phenoxy) is 1. The summed E-state index contributed by atoms with van der Waals surface area (Å²) in [5.41, 5.74) is 0.836. The zero-order valence-corrected chi connectivity index (χ0v) is 11.5. The van der Waals surface area contributed by atoms with E-state index in [0.29, 0.717) is 11.7 Å². The van der Waals surface area contributed by atoms with Gasteiger partial charge in [0, 0.05) is 23.9 Å². The van der Waals surface area contributed by atoms with E-state index in [9.17, 15) is 0 Å². The van der Waals surface area contributed by atoms with Crippen molar-refractivity contribution in [2.75, 3.05) is 7.11 Å². The highest BCUT2D eigenvalue weighted by molar-refractivity contribution is 9.11. The van der Waals surface area contributed by atoms with Crippen LogP contribution in [0.25, 0.3) is 11.4 Å². The molecule has 0 spiro atoms. The molecule has 2 rings (SSSR count). The summed E-state index contributed by atoms with van der Waals surface area (Å²) in [7, 11) is 1.58. The molecule has 2 aromatic rings. The van der Waals surface area contributed by atoms with E-state index in [1.165, 1.54) is 0 Å². The first kappa shape index (κ1) is 11.5. The molecule has 82 valence electrons. The molecular formula is C10H7Br2N3O. The first-order valence-electron chi connectivity index (χ1n) is 4.39. The van der Waals surface area contributed by atoms with E-state index in [-0.39, 0.29) is 0 Å². The average molecular weight is 345 g/mol. The Hall–Kier alpha value is -1.01. The molecule has 0 saturated heterocycles. The molecular weight excluding hydrogens is 338 g/mol. The Kier molecular flexibility index (Phi) is 3.50. The Morgan fingerprint density at radius 1 is 1.12 bits per heavy atom. The van der Waals surface area contributed by atoms with Crippen LogP contribution in [0, 0.1) is 0 Å². The van der Waals surface area contributed by atoms with Gasteiger partial charge in [0.2, 0.25) is 5.88 Å². The van der Waals surface area contributed by atoms with E-state index in [0.717, 1.165) is 14.8 Å². The van der Waals surface area contributed by atoms with Gasteiger partial charge in [-0.2, -0.15) is 0 Å². The number of pyridine rings is 1. The Balaban J connectivity index is 2.42. The van der Waals surface area contributed by atoms with Crippen LogP contribution in [0.15, 0.2) is 33.6 Å². The molecule has 4 nitrogen and oxygen atoms in total. The second-order valence-corrected chi connectivity index (χ2v) is 4.55. The van der Waals surface area contributed by atoms with E-state index < -0.39 is 0 Å². The maximum absolute atomic E-state index is 4.98. The van der Waals surface area contributed by atoms with Crippen LogP contribution >= 0.6 is 31.9 Å². The first-order chi connectivity index (χ1) is 7.69. The molecule has 2 heterocycles. The monoisotopic (exact) mass is 343 g/mol. The van der Waals surface area contributed by atoms with E-state index in [1.807, 2.05) is 6.07 Å². The van der Waals surface area contributed by atoms with Gasteiger partial charge in [-0.3, -0.25) is 0 Å². The fourth-order valence-electron chi connectivity index (χ4n) is 1.15. The third kappa shape index (κ3) is 2.56. The fraction of sp³-hybridized carbons (Fsp3) is 0.100. The minimum atomic E-state index is 0.567. The van der Waals surface area contributed by atoms with Gasteiger partial charge in [0.05, 0.1) is 7.11 Å². The van der Waals surface area contributed by atoms with Crippen molar-refractivity contribution >= 4 is 31.9 Å². The van der Waals surface area contributed by atoms with Crippen molar-refractivity contribution in [2.24, 2.45) is 0 Å². The third-order valence-corrected chi connectivity index (χ3v) is 2.68. The lowest BCUT2D eigenvalue weighted by molar-refractivity contribution is 0.398. The highest BCUT2D eigenvalue weighted by Gasteiger charge is 2.05. The second kappa shape index (κ2) is 4.88. The van der Waals surface area contributed by atoms with Gasteiger partial charge in [-0.1, -0.05) is 0 Å². The van der Waals surface area contributed by atoms with E-state index in [4.69, 9.17) is 4.74 Å². The van der Waals surface area contributed by atoms with Crippen molar-refractivity contribution in [2.45, 2.75) is 0 Å². The summed E-state index contributed by atoms with van der Waals surface area (Å²) in [4.78, 5) is 12.6. The lowest BCUT2D eigenvalue weighted by Gasteiger charge is -2.02. The summed E-state index contributed by atoms with van der Waals surface area (Å²) in [6, 6.07) is 5.41. The minimum absolute atomic E-state index is 0.567. The number of rotatable bonds is 2. The zero-order chi connectivity index (χ0) is 11.5.